The molecule has 34 heavy (non-hydrogen) atoms. The third-order valence-corrected chi connectivity index (χ3v) is 6.38. The van der Waals surface area contributed by atoms with Gasteiger partial charge in [-0.25, -0.2) is 0 Å². The number of aryl methyl sites for hydroxylation is 2. The third-order valence-electron chi connectivity index (χ3n) is 6.38. The van der Waals surface area contributed by atoms with Crippen LogP contribution in [0.3, 0.4) is 0 Å². The van der Waals surface area contributed by atoms with Crippen molar-refractivity contribution in [1.29, 1.82) is 0 Å². The molecule has 1 fully saturated rings. The Morgan fingerprint density at radius 2 is 1.71 bits per heavy atom. The molecule has 0 radical (unpaired) electrons. The number of benzene rings is 2. The molecule has 2 N–H and O–H groups in total. The van der Waals surface area contributed by atoms with Crippen LogP contribution >= 0.6 is 0 Å². The van der Waals surface area contributed by atoms with Gasteiger partial charge in [-0.15, -0.1) is 0 Å². The van der Waals surface area contributed by atoms with Gasteiger partial charge >= 0.3 is 0 Å². The lowest BCUT2D eigenvalue weighted by Gasteiger charge is -2.36. The fraction of sp³-hybridized carbons (Fsp3) is 0.444. The maximum absolute atomic E-state index is 13.1. The van der Waals surface area contributed by atoms with Gasteiger partial charge in [0.25, 0.3) is 11.8 Å². The third kappa shape index (κ3) is 6.67. The summed E-state index contributed by atoms with van der Waals surface area (Å²) in [6, 6.07) is 14.3. The van der Waals surface area contributed by atoms with Crippen LogP contribution in [0.4, 0.5) is 0 Å². The highest BCUT2D eigenvalue weighted by Gasteiger charge is 2.34. The number of hydrogen-bond acceptors (Lipinski definition) is 4. The first-order valence-corrected chi connectivity index (χ1v) is 11.9. The van der Waals surface area contributed by atoms with Crippen LogP contribution in [0.25, 0.3) is 0 Å². The Kier molecular flexibility index (Phi) is 9.22. The zero-order valence-corrected chi connectivity index (χ0v) is 20.3. The summed E-state index contributed by atoms with van der Waals surface area (Å²) in [6.07, 6.45) is 1.98. The van der Waals surface area contributed by atoms with Gasteiger partial charge in [0, 0.05) is 44.5 Å². The lowest BCUT2D eigenvalue weighted by molar-refractivity contribution is -0.124. The fourth-order valence-corrected chi connectivity index (χ4v) is 4.30. The lowest BCUT2D eigenvalue weighted by Crippen LogP contribution is -2.54. The Morgan fingerprint density at radius 1 is 1.03 bits per heavy atom. The average molecular weight is 466 g/mol. The number of methoxy groups -OCH3 is 1. The molecule has 0 spiro atoms. The summed E-state index contributed by atoms with van der Waals surface area (Å²) >= 11 is 0. The number of nitrogens with one attached hydrogen (secondary N) is 2. The normalized spacial score (nSPS) is 15.0. The van der Waals surface area contributed by atoms with Gasteiger partial charge in [-0.3, -0.25) is 14.4 Å². The van der Waals surface area contributed by atoms with E-state index in [0.29, 0.717) is 56.6 Å². The predicted octanol–water partition coefficient (Wildman–Crippen LogP) is 3.11. The zero-order valence-electron chi connectivity index (χ0n) is 20.3. The summed E-state index contributed by atoms with van der Waals surface area (Å²) in [5.74, 6) is -0.505. The highest BCUT2D eigenvalue weighted by Crippen LogP contribution is 2.23. The van der Waals surface area contributed by atoms with Crippen molar-refractivity contribution in [3.05, 3.63) is 70.8 Å². The monoisotopic (exact) mass is 465 g/mol. The van der Waals surface area contributed by atoms with E-state index in [2.05, 4.69) is 10.6 Å². The topological polar surface area (TPSA) is 87.7 Å². The maximum Gasteiger partial charge on any atom is 0.253 e. The number of ether oxygens (including phenoxy) is 1. The number of piperidine rings is 1. The first-order valence-electron chi connectivity index (χ1n) is 11.9. The van der Waals surface area contributed by atoms with E-state index in [0.717, 1.165) is 11.1 Å². The number of likely N-dealkylation sites (tertiary alicyclic amines) is 1. The van der Waals surface area contributed by atoms with Gasteiger partial charge in [0.05, 0.1) is 0 Å². The van der Waals surface area contributed by atoms with E-state index >= 15 is 0 Å². The van der Waals surface area contributed by atoms with Crippen molar-refractivity contribution in [3.8, 4) is 0 Å². The summed E-state index contributed by atoms with van der Waals surface area (Å²) in [5.41, 5.74) is 3.20. The average Bonchev–Trinajstić information content (AvgIpc) is 2.85. The SMILES string of the molecule is COCCCNC(=O)C(NC(=O)c1ccccc1C)C1CCN(C(=O)c2ccc(C)cc2)CC1. The molecule has 1 aliphatic rings. The van der Waals surface area contributed by atoms with E-state index in [-0.39, 0.29) is 23.6 Å². The molecule has 0 aromatic heterocycles. The quantitative estimate of drug-likeness (QED) is 0.557. The molecule has 0 aliphatic carbocycles. The standard InChI is InChI=1S/C27H35N3O4/c1-19-9-11-22(12-10-19)27(33)30-16-13-21(14-17-30)24(26(32)28-15-6-18-34-3)29-25(31)23-8-5-4-7-20(23)2/h4-5,7-12,21,24H,6,13-18H2,1-3H3,(H,28,32)(H,29,31). The van der Waals surface area contributed by atoms with E-state index in [1.165, 1.54) is 0 Å². The summed E-state index contributed by atoms with van der Waals surface area (Å²) in [4.78, 5) is 40.8. The highest BCUT2D eigenvalue weighted by molar-refractivity contribution is 5.98. The summed E-state index contributed by atoms with van der Waals surface area (Å²) < 4.78 is 5.05. The van der Waals surface area contributed by atoms with Crippen LogP contribution in [0.1, 0.15) is 51.1 Å². The van der Waals surface area contributed by atoms with Crippen molar-refractivity contribution in [1.82, 2.24) is 15.5 Å². The van der Waals surface area contributed by atoms with Crippen LogP contribution in [0.15, 0.2) is 48.5 Å². The fourth-order valence-electron chi connectivity index (χ4n) is 4.30. The first-order chi connectivity index (χ1) is 16.4. The minimum absolute atomic E-state index is 0.00274. The second-order valence-corrected chi connectivity index (χ2v) is 8.90. The molecule has 1 unspecified atom stereocenters. The number of carbonyl (C=O) groups excluding carboxylic acids is 3. The number of carbonyl (C=O) groups is 3. The molecule has 1 atom stereocenters. The number of rotatable bonds is 9. The number of hydrogen-bond donors (Lipinski definition) is 2. The summed E-state index contributed by atoms with van der Waals surface area (Å²) in [5, 5.41) is 5.92. The van der Waals surface area contributed by atoms with Crippen LogP contribution < -0.4 is 10.6 Å². The Hall–Kier alpha value is -3.19. The molecule has 3 amide bonds. The van der Waals surface area contributed by atoms with Crippen molar-refractivity contribution in [2.75, 3.05) is 33.4 Å². The minimum Gasteiger partial charge on any atom is -0.385 e. The van der Waals surface area contributed by atoms with Gasteiger partial charge in [-0.2, -0.15) is 0 Å². The van der Waals surface area contributed by atoms with Crippen molar-refractivity contribution < 1.29 is 19.1 Å². The van der Waals surface area contributed by atoms with E-state index in [1.54, 1.807) is 13.2 Å². The largest absolute Gasteiger partial charge is 0.385 e. The minimum atomic E-state index is -0.661. The molecule has 0 saturated carbocycles. The van der Waals surface area contributed by atoms with E-state index in [4.69, 9.17) is 4.74 Å². The zero-order chi connectivity index (χ0) is 24.5. The molecule has 3 rings (SSSR count). The van der Waals surface area contributed by atoms with Crippen LogP contribution in [-0.4, -0.2) is 62.0 Å². The molecular weight excluding hydrogens is 430 g/mol. The van der Waals surface area contributed by atoms with E-state index in [9.17, 15) is 14.4 Å². The Bertz CT molecular complexity index is 982. The van der Waals surface area contributed by atoms with Gasteiger partial charge in [-0.1, -0.05) is 35.9 Å². The first kappa shape index (κ1) is 25.4. The lowest BCUT2D eigenvalue weighted by atomic mass is 9.88. The second-order valence-electron chi connectivity index (χ2n) is 8.90. The predicted molar refractivity (Wildman–Crippen MR) is 132 cm³/mol. The highest BCUT2D eigenvalue weighted by atomic mass is 16.5. The Morgan fingerprint density at radius 3 is 2.35 bits per heavy atom. The van der Waals surface area contributed by atoms with E-state index in [1.807, 2.05) is 61.2 Å². The summed E-state index contributed by atoms with van der Waals surface area (Å²) in [6.45, 7) is 6.00. The molecule has 2 aromatic rings. The van der Waals surface area contributed by atoms with Crippen LogP contribution in [-0.2, 0) is 9.53 Å². The second kappa shape index (κ2) is 12.3. The molecule has 7 heteroatoms. The Balaban J connectivity index is 1.67. The molecule has 0 bridgehead atoms. The molecule has 7 nitrogen and oxygen atoms in total. The molecule has 2 aromatic carbocycles. The van der Waals surface area contributed by atoms with Gasteiger partial charge in [0.1, 0.15) is 6.04 Å². The van der Waals surface area contributed by atoms with Gasteiger partial charge in [0.2, 0.25) is 5.91 Å². The number of nitrogens with zero attached hydrogens (tertiary/aromatic N) is 1. The van der Waals surface area contributed by atoms with Crippen LogP contribution in [0.5, 0.6) is 0 Å². The molecular formula is C27H35N3O4. The van der Waals surface area contributed by atoms with Crippen molar-refractivity contribution in [2.24, 2.45) is 5.92 Å². The maximum atomic E-state index is 13.1. The van der Waals surface area contributed by atoms with Crippen molar-refractivity contribution in [2.45, 2.75) is 39.2 Å². The molecule has 1 aliphatic heterocycles. The van der Waals surface area contributed by atoms with Crippen LogP contribution in [0, 0.1) is 19.8 Å². The van der Waals surface area contributed by atoms with Crippen molar-refractivity contribution in [3.63, 3.8) is 0 Å². The van der Waals surface area contributed by atoms with Gasteiger partial charge < -0.3 is 20.3 Å². The van der Waals surface area contributed by atoms with Crippen LogP contribution in [0.2, 0.25) is 0 Å². The smallest absolute Gasteiger partial charge is 0.253 e. The molecule has 182 valence electrons. The molecule has 1 saturated heterocycles. The van der Waals surface area contributed by atoms with Gasteiger partial charge in [0.15, 0.2) is 0 Å². The van der Waals surface area contributed by atoms with Gasteiger partial charge in [-0.05, 0) is 62.8 Å². The summed E-state index contributed by atoms with van der Waals surface area (Å²) in [7, 11) is 1.62. The van der Waals surface area contributed by atoms with E-state index < -0.39 is 6.04 Å². The molecule has 1 heterocycles. The Labute approximate surface area is 201 Å². The van der Waals surface area contributed by atoms with Crippen molar-refractivity contribution >= 4 is 17.7 Å². The number of amides is 3.